The summed E-state index contributed by atoms with van der Waals surface area (Å²) in [5, 5.41) is 18.5. The number of carboxylic acids is 1. The number of fused-ring (bicyclic) bond motifs is 1. The minimum atomic E-state index is -1.32. The average Bonchev–Trinajstić information content (AvgIpc) is 3.40. The quantitative estimate of drug-likeness (QED) is 0.156. The molecule has 1 aromatic heterocycles. The molecule has 17 heteroatoms. The zero-order valence-electron chi connectivity index (χ0n) is 21.9. The Labute approximate surface area is 267 Å². The molecule has 2 amide bonds. The van der Waals surface area contributed by atoms with E-state index < -0.39 is 29.2 Å². The molecule has 3 aromatic rings. The second-order valence-corrected chi connectivity index (χ2v) is 12.1. The Bertz CT molecular complexity index is 1680. The SMILES string of the molecule is CON=C(C(=O)N[C@@H]1C(=O)N2C(C(=O)O)=C(COc3cc(Cl)ccc3Oc3ccc(Cl)cc3Cl)CS[C@H]12)c1csc(N)n1. The lowest BCUT2D eigenvalue weighted by Crippen LogP contribution is -2.71. The number of thiazole rings is 1. The molecule has 2 aliphatic heterocycles. The lowest BCUT2D eigenvalue weighted by atomic mass is 10.0. The van der Waals surface area contributed by atoms with E-state index in [4.69, 9.17) is 54.8 Å². The van der Waals surface area contributed by atoms with Crippen molar-refractivity contribution in [1.29, 1.82) is 0 Å². The van der Waals surface area contributed by atoms with Crippen molar-refractivity contribution in [2.45, 2.75) is 11.4 Å². The van der Waals surface area contributed by atoms with E-state index in [0.29, 0.717) is 21.4 Å². The minimum absolute atomic E-state index is 0.176. The number of β-lactam (4-membered cyclic amide) rings is 1. The number of anilines is 1. The first-order chi connectivity index (χ1) is 20.6. The summed E-state index contributed by atoms with van der Waals surface area (Å²) in [7, 11) is 1.26. The van der Waals surface area contributed by atoms with E-state index in [2.05, 4.69) is 15.5 Å². The fourth-order valence-corrected chi connectivity index (χ4v) is 6.70. The van der Waals surface area contributed by atoms with Gasteiger partial charge in [-0.1, -0.05) is 40.0 Å². The van der Waals surface area contributed by atoms with E-state index in [9.17, 15) is 19.5 Å². The van der Waals surface area contributed by atoms with Crippen molar-refractivity contribution in [3.05, 3.63) is 73.8 Å². The second-order valence-electron chi connectivity index (χ2n) is 8.87. The number of aliphatic carboxylic acids is 1. The van der Waals surface area contributed by atoms with Crippen molar-refractivity contribution >= 4 is 86.5 Å². The monoisotopic (exact) mass is 683 g/mol. The van der Waals surface area contributed by atoms with Gasteiger partial charge in [-0.05, 0) is 30.3 Å². The van der Waals surface area contributed by atoms with Crippen LogP contribution in [0.4, 0.5) is 5.13 Å². The van der Waals surface area contributed by atoms with Crippen LogP contribution in [0.2, 0.25) is 15.1 Å². The maximum absolute atomic E-state index is 13.1. The summed E-state index contributed by atoms with van der Waals surface area (Å²) in [6, 6.07) is 8.39. The highest BCUT2D eigenvalue weighted by Crippen LogP contribution is 2.42. The summed E-state index contributed by atoms with van der Waals surface area (Å²) in [5.41, 5.74) is 5.76. The Hall–Kier alpha value is -3.69. The highest BCUT2D eigenvalue weighted by atomic mass is 35.5. The molecule has 0 radical (unpaired) electrons. The van der Waals surface area contributed by atoms with Gasteiger partial charge in [0.05, 0.1) is 5.02 Å². The number of hydrogen-bond donors (Lipinski definition) is 3. The number of benzene rings is 2. The first-order valence-corrected chi connectivity index (χ1v) is 15.2. The van der Waals surface area contributed by atoms with Gasteiger partial charge in [-0.3, -0.25) is 14.5 Å². The van der Waals surface area contributed by atoms with Crippen molar-refractivity contribution in [3.63, 3.8) is 0 Å². The van der Waals surface area contributed by atoms with Gasteiger partial charge >= 0.3 is 5.97 Å². The van der Waals surface area contributed by atoms with Gasteiger partial charge in [0.25, 0.3) is 11.8 Å². The van der Waals surface area contributed by atoms with Gasteiger partial charge in [-0.15, -0.1) is 23.1 Å². The lowest BCUT2D eigenvalue weighted by Gasteiger charge is -2.49. The third-order valence-corrected chi connectivity index (χ3v) is 8.90. The summed E-state index contributed by atoms with van der Waals surface area (Å²) >= 11 is 20.8. The molecule has 43 heavy (non-hydrogen) atoms. The highest BCUT2D eigenvalue weighted by molar-refractivity contribution is 8.00. The number of carboxylic acid groups (broad SMARTS) is 1. The molecular formula is C26H20Cl3N5O7S2. The fraction of sp³-hybridized carbons (Fsp3) is 0.192. The summed E-state index contributed by atoms with van der Waals surface area (Å²) in [6.07, 6.45) is 0. The molecule has 0 saturated carbocycles. The number of nitrogens with two attached hydrogens (primary N) is 1. The van der Waals surface area contributed by atoms with Crippen molar-refractivity contribution in [3.8, 4) is 17.2 Å². The molecular weight excluding hydrogens is 665 g/mol. The average molecular weight is 685 g/mol. The number of carbonyl (C=O) groups is 3. The molecule has 0 spiro atoms. The van der Waals surface area contributed by atoms with E-state index in [1.54, 1.807) is 24.3 Å². The van der Waals surface area contributed by atoms with Crippen molar-refractivity contribution in [2.24, 2.45) is 5.16 Å². The Morgan fingerprint density at radius 2 is 1.88 bits per heavy atom. The van der Waals surface area contributed by atoms with Crippen LogP contribution in [0.3, 0.4) is 0 Å². The summed E-state index contributed by atoms with van der Waals surface area (Å²) in [5.74, 6) is -1.66. The van der Waals surface area contributed by atoms with Gasteiger partial charge in [-0.2, -0.15) is 0 Å². The number of rotatable bonds is 10. The van der Waals surface area contributed by atoms with Crippen LogP contribution in [0.1, 0.15) is 5.69 Å². The molecule has 0 aliphatic carbocycles. The number of carbonyl (C=O) groups excluding carboxylic acids is 2. The van der Waals surface area contributed by atoms with Crippen LogP contribution >= 0.6 is 57.9 Å². The Kier molecular flexibility index (Phi) is 9.22. The number of nitrogen functional groups attached to an aromatic ring is 1. The van der Waals surface area contributed by atoms with Crippen LogP contribution < -0.4 is 20.5 Å². The van der Waals surface area contributed by atoms with Gasteiger partial charge in [0.15, 0.2) is 22.3 Å². The predicted molar refractivity (Wildman–Crippen MR) is 163 cm³/mol. The van der Waals surface area contributed by atoms with Crippen LogP contribution in [0.5, 0.6) is 17.2 Å². The van der Waals surface area contributed by atoms with Gasteiger partial charge in [0.1, 0.15) is 42.3 Å². The number of thioether (sulfide) groups is 1. The number of nitrogens with one attached hydrogen (secondary N) is 1. The summed E-state index contributed by atoms with van der Waals surface area (Å²) in [4.78, 5) is 48.3. The first kappa shape index (κ1) is 30.8. The summed E-state index contributed by atoms with van der Waals surface area (Å²) in [6.45, 7) is -0.191. The van der Waals surface area contributed by atoms with Gasteiger partial charge in [0, 0.05) is 32.8 Å². The predicted octanol–water partition coefficient (Wildman–Crippen LogP) is 4.65. The van der Waals surface area contributed by atoms with E-state index in [0.717, 1.165) is 16.2 Å². The number of ether oxygens (including phenoxy) is 2. The molecule has 2 aromatic carbocycles. The van der Waals surface area contributed by atoms with Gasteiger partial charge in [-0.25, -0.2) is 9.78 Å². The smallest absolute Gasteiger partial charge is 0.352 e. The second kappa shape index (κ2) is 12.9. The summed E-state index contributed by atoms with van der Waals surface area (Å²) < 4.78 is 11.9. The van der Waals surface area contributed by atoms with Crippen LogP contribution in [0.15, 0.2) is 58.2 Å². The van der Waals surface area contributed by atoms with Crippen LogP contribution in [0.25, 0.3) is 0 Å². The molecule has 224 valence electrons. The largest absolute Gasteiger partial charge is 0.485 e. The molecule has 12 nitrogen and oxygen atoms in total. The van der Waals surface area contributed by atoms with E-state index in [1.807, 2.05) is 0 Å². The fourth-order valence-electron chi connectivity index (χ4n) is 4.22. The maximum Gasteiger partial charge on any atom is 0.352 e. The third kappa shape index (κ3) is 6.48. The highest BCUT2D eigenvalue weighted by Gasteiger charge is 2.54. The maximum atomic E-state index is 13.1. The van der Waals surface area contributed by atoms with Crippen LogP contribution in [-0.4, -0.2) is 69.4 Å². The molecule has 2 aliphatic rings. The molecule has 1 fully saturated rings. The minimum Gasteiger partial charge on any atom is -0.485 e. The standard InChI is InChI=1S/C26H20Cl3N5O7S2/c1-39-33-19(15-10-43-26(30)31-15)22(35)32-20-23(36)34-21(25(37)38)11(9-42-24(20)34)8-40-18-7-13(28)3-5-17(18)41-16-4-2-12(27)6-14(16)29/h2-7,10,20,24H,8-9H2,1H3,(H2,30,31)(H,32,35)(H,37,38)/t20-,24-/m1/s1. The molecule has 5 rings (SSSR count). The number of amides is 2. The number of halogens is 3. The van der Waals surface area contributed by atoms with Crippen molar-refractivity contribution < 1.29 is 33.8 Å². The van der Waals surface area contributed by atoms with Crippen LogP contribution in [0, 0.1) is 0 Å². The molecule has 0 bridgehead atoms. The van der Waals surface area contributed by atoms with Gasteiger partial charge in [0.2, 0.25) is 0 Å². The van der Waals surface area contributed by atoms with E-state index in [-0.39, 0.29) is 51.1 Å². The normalized spacial score (nSPS) is 18.1. The molecule has 4 N–H and O–H groups in total. The Morgan fingerprint density at radius 3 is 2.53 bits per heavy atom. The van der Waals surface area contributed by atoms with Crippen LogP contribution in [-0.2, 0) is 19.2 Å². The topological polar surface area (TPSA) is 166 Å². The van der Waals surface area contributed by atoms with Crippen molar-refractivity contribution in [2.75, 3.05) is 25.2 Å². The molecule has 0 unspecified atom stereocenters. The van der Waals surface area contributed by atoms with E-state index >= 15 is 0 Å². The number of oxime groups is 1. The molecule has 1 saturated heterocycles. The number of hydrogen-bond acceptors (Lipinski definition) is 11. The number of nitrogens with zero attached hydrogens (tertiary/aromatic N) is 3. The zero-order chi connectivity index (χ0) is 30.8. The first-order valence-electron chi connectivity index (χ1n) is 12.2. The Morgan fingerprint density at radius 1 is 1.16 bits per heavy atom. The molecule has 3 heterocycles. The zero-order valence-corrected chi connectivity index (χ0v) is 25.8. The number of aromatic nitrogens is 1. The van der Waals surface area contributed by atoms with Crippen molar-refractivity contribution in [1.82, 2.24) is 15.2 Å². The van der Waals surface area contributed by atoms with E-state index in [1.165, 1.54) is 36.4 Å². The lowest BCUT2D eigenvalue weighted by molar-refractivity contribution is -0.150. The molecule has 2 atom stereocenters. The Balaban J connectivity index is 1.32. The van der Waals surface area contributed by atoms with Gasteiger partial charge < -0.3 is 30.5 Å². The third-order valence-electron chi connectivity index (χ3n) is 6.12.